The van der Waals surface area contributed by atoms with Crippen LogP contribution in [-0.2, 0) is 11.3 Å². The number of aromatic nitrogens is 3. The quantitative estimate of drug-likeness (QED) is 0.682. The lowest BCUT2D eigenvalue weighted by molar-refractivity contribution is 0.0458. The Balaban J connectivity index is 1.76. The van der Waals surface area contributed by atoms with Gasteiger partial charge in [0.25, 0.3) is 0 Å². The van der Waals surface area contributed by atoms with Gasteiger partial charge in [-0.15, -0.1) is 0 Å². The van der Waals surface area contributed by atoms with Crippen molar-refractivity contribution in [1.82, 2.24) is 14.5 Å². The monoisotopic (exact) mass is 379 g/mol. The van der Waals surface area contributed by atoms with Crippen molar-refractivity contribution in [3.8, 4) is 0 Å². The molecule has 2 aromatic heterocycles. The number of nitrogens with two attached hydrogens (primary N) is 1. The van der Waals surface area contributed by atoms with Gasteiger partial charge in [0.2, 0.25) is 5.95 Å². The summed E-state index contributed by atoms with van der Waals surface area (Å²) in [6, 6.07) is 11.7. The van der Waals surface area contributed by atoms with Crippen LogP contribution < -0.4 is 10.6 Å². The van der Waals surface area contributed by atoms with Gasteiger partial charge in [-0.05, 0) is 24.5 Å². The molecule has 0 amide bonds. The molecule has 3 aromatic rings. The van der Waals surface area contributed by atoms with Crippen LogP contribution in [0.15, 0.2) is 36.4 Å². The van der Waals surface area contributed by atoms with Gasteiger partial charge in [-0.25, -0.2) is 4.79 Å². The Morgan fingerprint density at radius 3 is 2.61 bits per heavy atom. The van der Waals surface area contributed by atoms with Crippen LogP contribution in [-0.4, -0.2) is 34.6 Å². The molecule has 1 aliphatic rings. The van der Waals surface area contributed by atoms with Crippen LogP contribution in [0.4, 0.5) is 11.8 Å². The summed E-state index contributed by atoms with van der Waals surface area (Å²) in [6.07, 6.45) is 4.32. The van der Waals surface area contributed by atoms with Crippen LogP contribution >= 0.6 is 0 Å². The highest BCUT2D eigenvalue weighted by molar-refractivity contribution is 5.99. The molecule has 0 radical (unpaired) electrons. The van der Waals surface area contributed by atoms with Crippen molar-refractivity contribution < 1.29 is 9.53 Å². The van der Waals surface area contributed by atoms with Gasteiger partial charge >= 0.3 is 5.97 Å². The highest BCUT2D eigenvalue weighted by Crippen LogP contribution is 2.36. The number of hydrogen-bond donors (Lipinski definition) is 1. The van der Waals surface area contributed by atoms with Gasteiger partial charge in [0.05, 0.1) is 5.39 Å². The van der Waals surface area contributed by atoms with Crippen molar-refractivity contribution in [2.45, 2.75) is 38.3 Å². The van der Waals surface area contributed by atoms with Crippen molar-refractivity contribution in [3.05, 3.63) is 47.7 Å². The maximum absolute atomic E-state index is 13.0. The van der Waals surface area contributed by atoms with E-state index in [1.54, 1.807) is 0 Å². The van der Waals surface area contributed by atoms with E-state index < -0.39 is 0 Å². The van der Waals surface area contributed by atoms with Gasteiger partial charge in [-0.3, -0.25) is 0 Å². The Labute approximate surface area is 164 Å². The van der Waals surface area contributed by atoms with Crippen molar-refractivity contribution in [2.75, 3.05) is 24.7 Å². The number of rotatable bonds is 5. The van der Waals surface area contributed by atoms with Crippen LogP contribution in [0, 0.1) is 0 Å². The van der Waals surface area contributed by atoms with Gasteiger partial charge in [-0.1, -0.05) is 43.2 Å². The molecule has 0 aliphatic heterocycles. The minimum Gasteiger partial charge on any atom is -0.456 e. The Morgan fingerprint density at radius 2 is 1.93 bits per heavy atom. The maximum atomic E-state index is 13.0. The summed E-state index contributed by atoms with van der Waals surface area (Å²) in [7, 11) is 3.81. The molecule has 1 fully saturated rings. The fraction of sp³-hybridized carbons (Fsp3) is 0.381. The van der Waals surface area contributed by atoms with E-state index >= 15 is 0 Å². The average molecular weight is 379 g/mol. The lowest BCUT2D eigenvalue weighted by Gasteiger charge is -2.17. The normalized spacial score (nSPS) is 14.5. The first-order chi connectivity index (χ1) is 13.5. The van der Waals surface area contributed by atoms with Gasteiger partial charge in [0.15, 0.2) is 0 Å². The lowest BCUT2D eigenvalue weighted by atomic mass is 10.2. The number of nitrogen functional groups attached to an aromatic ring is 1. The zero-order valence-electron chi connectivity index (χ0n) is 16.3. The predicted molar refractivity (Wildman–Crippen MR) is 109 cm³/mol. The number of carbonyl (C=O) groups excluding carboxylic acids is 1. The summed E-state index contributed by atoms with van der Waals surface area (Å²) >= 11 is 0. The first-order valence-corrected chi connectivity index (χ1v) is 9.61. The molecule has 146 valence electrons. The number of hydrogen-bond acceptors (Lipinski definition) is 6. The van der Waals surface area contributed by atoms with Crippen molar-refractivity contribution in [2.24, 2.45) is 0 Å². The topological polar surface area (TPSA) is 86.3 Å². The number of esters is 1. The molecule has 28 heavy (non-hydrogen) atoms. The lowest BCUT2D eigenvalue weighted by Crippen LogP contribution is -2.16. The highest BCUT2D eigenvalue weighted by atomic mass is 16.5. The average Bonchev–Trinajstić information content (AvgIpc) is 3.33. The molecule has 1 saturated carbocycles. The Hall–Kier alpha value is -3.09. The van der Waals surface area contributed by atoms with E-state index in [1.165, 1.54) is 0 Å². The second kappa shape index (κ2) is 7.50. The molecule has 2 N–H and O–H groups in total. The summed E-state index contributed by atoms with van der Waals surface area (Å²) in [5.41, 5.74) is 8.15. The summed E-state index contributed by atoms with van der Waals surface area (Å²) in [5.74, 6) is 0.561. The van der Waals surface area contributed by atoms with Gasteiger partial charge < -0.3 is 19.9 Å². The molecule has 7 nitrogen and oxygen atoms in total. The number of benzene rings is 1. The third kappa shape index (κ3) is 3.40. The third-order valence-electron chi connectivity index (χ3n) is 5.23. The Kier molecular flexibility index (Phi) is 4.90. The molecule has 0 unspecified atom stereocenters. The number of carbonyl (C=O) groups is 1. The first kappa shape index (κ1) is 18.3. The van der Waals surface area contributed by atoms with Gasteiger partial charge in [0.1, 0.15) is 23.8 Å². The molecule has 0 saturated heterocycles. The van der Waals surface area contributed by atoms with Crippen LogP contribution in [0.25, 0.3) is 11.0 Å². The Bertz CT molecular complexity index is 991. The molecule has 7 heteroatoms. The minimum atomic E-state index is -0.350. The summed E-state index contributed by atoms with van der Waals surface area (Å²) in [6.45, 7) is 0.236. The van der Waals surface area contributed by atoms with E-state index in [2.05, 4.69) is 9.97 Å². The van der Waals surface area contributed by atoms with Crippen LogP contribution in [0.2, 0.25) is 0 Å². The van der Waals surface area contributed by atoms with E-state index in [0.29, 0.717) is 17.2 Å². The summed E-state index contributed by atoms with van der Waals surface area (Å²) < 4.78 is 7.64. The SMILES string of the molecule is CN(C)c1nc(N)nc2c1cc(C(=O)OCc1ccccc1)n2C1CCCC1. The fourth-order valence-electron chi connectivity index (χ4n) is 3.92. The van der Waals surface area contributed by atoms with E-state index in [1.807, 2.05) is 60.0 Å². The summed E-state index contributed by atoms with van der Waals surface area (Å²) in [5, 5.41) is 0.817. The highest BCUT2D eigenvalue weighted by Gasteiger charge is 2.28. The van der Waals surface area contributed by atoms with E-state index in [-0.39, 0.29) is 24.6 Å². The maximum Gasteiger partial charge on any atom is 0.355 e. The number of anilines is 2. The van der Waals surface area contributed by atoms with Gasteiger partial charge in [0, 0.05) is 20.1 Å². The molecule has 1 aromatic carbocycles. The zero-order valence-corrected chi connectivity index (χ0v) is 16.3. The van der Waals surface area contributed by atoms with E-state index in [4.69, 9.17) is 10.5 Å². The number of fused-ring (bicyclic) bond motifs is 1. The molecule has 1 aliphatic carbocycles. The van der Waals surface area contributed by atoms with Gasteiger partial charge in [-0.2, -0.15) is 9.97 Å². The van der Waals surface area contributed by atoms with Crippen molar-refractivity contribution >= 4 is 28.8 Å². The Morgan fingerprint density at radius 1 is 1.21 bits per heavy atom. The summed E-state index contributed by atoms with van der Waals surface area (Å²) in [4.78, 5) is 23.7. The second-order valence-electron chi connectivity index (χ2n) is 7.44. The third-order valence-corrected chi connectivity index (χ3v) is 5.23. The molecule has 2 heterocycles. The van der Waals surface area contributed by atoms with E-state index in [9.17, 15) is 4.79 Å². The first-order valence-electron chi connectivity index (χ1n) is 9.61. The van der Waals surface area contributed by atoms with Crippen LogP contribution in [0.5, 0.6) is 0 Å². The second-order valence-corrected chi connectivity index (χ2v) is 7.44. The smallest absolute Gasteiger partial charge is 0.355 e. The number of nitrogens with zero attached hydrogens (tertiary/aromatic N) is 4. The zero-order chi connectivity index (χ0) is 19.7. The standard InChI is InChI=1S/C21H25N5O2/c1-25(2)18-16-12-17(20(27)28-13-14-8-4-3-5-9-14)26(15-10-6-7-11-15)19(16)24-21(22)23-18/h3-5,8-9,12,15H,6-7,10-11,13H2,1-2H3,(H2,22,23,24). The predicted octanol–water partition coefficient (Wildman–Crippen LogP) is 3.55. The molecule has 4 rings (SSSR count). The molecule has 0 spiro atoms. The van der Waals surface area contributed by atoms with Crippen molar-refractivity contribution in [1.29, 1.82) is 0 Å². The number of ether oxygens (including phenoxy) is 1. The van der Waals surface area contributed by atoms with Crippen molar-refractivity contribution in [3.63, 3.8) is 0 Å². The molecular formula is C21H25N5O2. The van der Waals surface area contributed by atoms with Crippen LogP contribution in [0.1, 0.15) is 47.8 Å². The molecule has 0 bridgehead atoms. The van der Waals surface area contributed by atoms with Crippen LogP contribution in [0.3, 0.4) is 0 Å². The fourth-order valence-corrected chi connectivity index (χ4v) is 3.92. The molecule has 0 atom stereocenters. The minimum absolute atomic E-state index is 0.206. The van der Waals surface area contributed by atoms with E-state index in [0.717, 1.165) is 36.6 Å². The molecular weight excluding hydrogens is 354 g/mol. The largest absolute Gasteiger partial charge is 0.456 e.